The summed E-state index contributed by atoms with van der Waals surface area (Å²) in [5, 5.41) is 4.75. The zero-order valence-electron chi connectivity index (χ0n) is 29.9. The number of thiophene rings is 1. The maximum Gasteiger partial charge on any atom is 0.143 e. The van der Waals surface area contributed by atoms with E-state index in [9.17, 15) is 0 Å². The van der Waals surface area contributed by atoms with Crippen molar-refractivity contribution in [1.82, 2.24) is 0 Å². The summed E-state index contributed by atoms with van der Waals surface area (Å²) < 4.78 is 9.56. The zero-order chi connectivity index (χ0) is 36.3. The van der Waals surface area contributed by atoms with E-state index in [0.29, 0.717) is 0 Å². The van der Waals surface area contributed by atoms with Gasteiger partial charge in [-0.15, -0.1) is 11.3 Å². The summed E-state index contributed by atoms with van der Waals surface area (Å²) in [6.07, 6.45) is 2.97. The highest BCUT2D eigenvalue weighted by Crippen LogP contribution is 2.46. The molecule has 2 nitrogen and oxygen atoms in total. The van der Waals surface area contributed by atoms with E-state index in [-0.39, 0.29) is 0 Å². The smallest absolute Gasteiger partial charge is 0.143 e. The minimum absolute atomic E-state index is 0.891. The molecule has 0 amide bonds. The van der Waals surface area contributed by atoms with Gasteiger partial charge < -0.3 is 4.42 Å². The maximum absolute atomic E-state index is 6.98. The molecule has 8 aromatic carbocycles. The summed E-state index contributed by atoms with van der Waals surface area (Å²) in [7, 11) is 1.82. The highest BCUT2D eigenvalue weighted by molar-refractivity contribution is 7.25. The van der Waals surface area contributed by atoms with Crippen LogP contribution in [0.1, 0.15) is 16.7 Å². The van der Waals surface area contributed by atoms with Gasteiger partial charge in [0.05, 0.1) is 0 Å². The van der Waals surface area contributed by atoms with Crippen molar-refractivity contribution in [2.75, 3.05) is 7.05 Å². The molecule has 0 bridgehead atoms. The third-order valence-corrected chi connectivity index (χ3v) is 11.1. The predicted octanol–water partition coefficient (Wildman–Crippen LogP) is 14.3. The van der Waals surface area contributed by atoms with E-state index in [1.807, 2.05) is 24.6 Å². The van der Waals surface area contributed by atoms with Gasteiger partial charge in [0.15, 0.2) is 0 Å². The van der Waals surface area contributed by atoms with Crippen molar-refractivity contribution >= 4 is 59.7 Å². The monoisotopic (exact) mass is 711 g/mol. The molecule has 0 unspecified atom stereocenters. The quantitative estimate of drug-likeness (QED) is 0.158. The third-order valence-electron chi connectivity index (χ3n) is 10.00. The minimum atomic E-state index is 0.891. The third kappa shape index (κ3) is 6.40. The number of rotatable bonds is 6. The van der Waals surface area contributed by atoms with Gasteiger partial charge in [-0.2, -0.15) is 0 Å². The Balaban J connectivity index is 0.000000250. The van der Waals surface area contributed by atoms with Gasteiger partial charge in [-0.05, 0) is 70.1 Å². The largest absolute Gasteiger partial charge is 0.455 e. The molecule has 54 heavy (non-hydrogen) atoms. The summed E-state index contributed by atoms with van der Waals surface area (Å²) in [5.41, 5.74) is 12.4. The van der Waals surface area contributed by atoms with Crippen molar-refractivity contribution in [3.05, 3.63) is 205 Å². The summed E-state index contributed by atoms with van der Waals surface area (Å²) in [6, 6.07) is 66.4. The highest BCUT2D eigenvalue weighted by Gasteiger charge is 2.21. The van der Waals surface area contributed by atoms with E-state index < -0.39 is 0 Å². The van der Waals surface area contributed by atoms with Gasteiger partial charge >= 0.3 is 0 Å². The van der Waals surface area contributed by atoms with Crippen LogP contribution in [-0.4, -0.2) is 13.3 Å². The van der Waals surface area contributed by atoms with Crippen LogP contribution in [0.15, 0.2) is 197 Å². The lowest BCUT2D eigenvalue weighted by Gasteiger charge is -2.08. The van der Waals surface area contributed by atoms with E-state index in [0.717, 1.165) is 56.2 Å². The van der Waals surface area contributed by atoms with Crippen LogP contribution in [0, 0.1) is 0 Å². The molecule has 0 aliphatic heterocycles. The molecule has 0 spiro atoms. The molecule has 0 N–H and O–H groups in total. The Morgan fingerprint density at radius 1 is 0.463 bits per heavy atom. The van der Waals surface area contributed by atoms with Crippen LogP contribution < -0.4 is 0 Å². The van der Waals surface area contributed by atoms with Gasteiger partial charge in [0.1, 0.15) is 11.2 Å². The van der Waals surface area contributed by atoms with Gasteiger partial charge in [0.25, 0.3) is 0 Å². The Morgan fingerprint density at radius 2 is 1.07 bits per heavy atom. The van der Waals surface area contributed by atoms with Crippen molar-refractivity contribution in [2.24, 2.45) is 4.99 Å². The molecule has 2 aromatic heterocycles. The first-order valence-corrected chi connectivity index (χ1v) is 19.1. The van der Waals surface area contributed by atoms with Gasteiger partial charge in [-0.1, -0.05) is 158 Å². The van der Waals surface area contributed by atoms with Gasteiger partial charge in [0, 0.05) is 60.9 Å². The molecule has 258 valence electrons. The normalized spacial score (nSPS) is 11.4. The van der Waals surface area contributed by atoms with Crippen molar-refractivity contribution in [1.29, 1.82) is 0 Å². The highest BCUT2D eigenvalue weighted by atomic mass is 32.1. The van der Waals surface area contributed by atoms with Crippen LogP contribution in [0.3, 0.4) is 0 Å². The standard InChI is InChI=1S/C38H25NOS.C13H12/c1-39-23-26-19-20-29(28-16-10-18-34-36(28)30-15-8-9-17-33(30)41-34)38-35(26)32-22-27(24-11-4-2-5-12-24)21-31(37(32)40-38)25-13-6-3-7-14-25;1-3-7-12(8-4-1)11-13-9-5-2-6-10-13/h2-23H,1H3;1-10H,11H2. The number of nitrogens with zero attached hydrogens (tertiary/aromatic N) is 1. The Kier molecular flexibility index (Phi) is 9.14. The number of hydrogen-bond acceptors (Lipinski definition) is 3. The first kappa shape index (κ1) is 33.3. The average Bonchev–Trinajstić information content (AvgIpc) is 3.82. The second-order valence-electron chi connectivity index (χ2n) is 13.5. The maximum atomic E-state index is 6.98. The Hall–Kier alpha value is -6.55. The minimum Gasteiger partial charge on any atom is -0.455 e. The van der Waals surface area contributed by atoms with E-state index >= 15 is 0 Å². The topological polar surface area (TPSA) is 25.5 Å². The number of aliphatic imine (C=N–C) groups is 1. The van der Waals surface area contributed by atoms with Crippen LogP contribution in [0.25, 0.3) is 75.5 Å². The first-order valence-electron chi connectivity index (χ1n) is 18.3. The summed E-state index contributed by atoms with van der Waals surface area (Å²) in [5.74, 6) is 0. The van der Waals surface area contributed by atoms with Gasteiger partial charge in [-0.3, -0.25) is 4.99 Å². The Labute approximate surface area is 319 Å². The van der Waals surface area contributed by atoms with E-state index in [2.05, 4.69) is 193 Å². The lowest BCUT2D eigenvalue weighted by Crippen LogP contribution is -1.87. The lowest BCUT2D eigenvalue weighted by molar-refractivity contribution is 0.671. The Morgan fingerprint density at radius 3 is 1.76 bits per heavy atom. The molecule has 0 saturated heterocycles. The Bertz CT molecular complexity index is 2850. The predicted molar refractivity (Wildman–Crippen MR) is 232 cm³/mol. The van der Waals surface area contributed by atoms with Crippen molar-refractivity contribution in [3.63, 3.8) is 0 Å². The molecule has 0 saturated carbocycles. The molecule has 10 rings (SSSR count). The van der Waals surface area contributed by atoms with Gasteiger partial charge in [-0.25, -0.2) is 0 Å². The summed E-state index contributed by atoms with van der Waals surface area (Å²) in [4.78, 5) is 4.42. The second-order valence-corrected chi connectivity index (χ2v) is 14.5. The van der Waals surface area contributed by atoms with Crippen LogP contribution in [-0.2, 0) is 6.42 Å². The molecule has 0 aliphatic carbocycles. The van der Waals surface area contributed by atoms with Crippen molar-refractivity contribution < 1.29 is 4.42 Å². The van der Waals surface area contributed by atoms with Crippen LogP contribution in [0.2, 0.25) is 0 Å². The fraction of sp³-hybridized carbons (Fsp3) is 0.0392. The SMILES string of the molecule is CN=Cc1ccc(-c2cccc3sc4ccccc4c23)c2oc3c(-c4ccccc4)cc(-c4ccccc4)cc3c12.c1ccc(Cc2ccccc2)cc1. The number of furan rings is 1. The van der Waals surface area contributed by atoms with Crippen molar-refractivity contribution in [2.45, 2.75) is 6.42 Å². The fourth-order valence-electron chi connectivity index (χ4n) is 7.52. The van der Waals surface area contributed by atoms with Crippen LogP contribution in [0.4, 0.5) is 0 Å². The average molecular weight is 712 g/mol. The molecule has 2 heterocycles. The van der Waals surface area contributed by atoms with Gasteiger partial charge in [0.2, 0.25) is 0 Å². The van der Waals surface area contributed by atoms with E-state index in [1.54, 1.807) is 0 Å². The summed E-state index contributed by atoms with van der Waals surface area (Å²) in [6.45, 7) is 0. The van der Waals surface area contributed by atoms with E-state index in [1.165, 1.54) is 42.4 Å². The van der Waals surface area contributed by atoms with Crippen LogP contribution >= 0.6 is 11.3 Å². The number of benzene rings is 8. The van der Waals surface area contributed by atoms with E-state index in [4.69, 9.17) is 4.42 Å². The number of fused-ring (bicyclic) bond motifs is 6. The molecular weight excluding hydrogens is 675 g/mol. The van der Waals surface area contributed by atoms with Crippen molar-refractivity contribution in [3.8, 4) is 33.4 Å². The zero-order valence-corrected chi connectivity index (χ0v) is 30.8. The van der Waals surface area contributed by atoms with Crippen LogP contribution in [0.5, 0.6) is 0 Å². The fourth-order valence-corrected chi connectivity index (χ4v) is 8.66. The molecular formula is C51H37NOS. The summed E-state index contributed by atoms with van der Waals surface area (Å²) >= 11 is 1.84. The molecule has 3 heteroatoms. The molecule has 0 fully saturated rings. The number of hydrogen-bond donors (Lipinski definition) is 0. The molecule has 0 radical (unpaired) electrons. The molecule has 0 atom stereocenters. The molecule has 10 aromatic rings. The second kappa shape index (κ2) is 14.8. The lowest BCUT2D eigenvalue weighted by atomic mass is 9.93. The molecule has 0 aliphatic rings. The first-order chi connectivity index (χ1) is 26.7.